The first-order valence-corrected chi connectivity index (χ1v) is 11.3. The number of hydrogen-bond acceptors (Lipinski definition) is 6. The Hall–Kier alpha value is -3.91. The smallest absolute Gasteiger partial charge is 0.256 e. The second kappa shape index (κ2) is 9.52. The van der Waals surface area contributed by atoms with E-state index >= 15 is 0 Å². The first kappa shape index (κ1) is 21.9. The Morgan fingerprint density at radius 1 is 1.03 bits per heavy atom. The zero-order valence-electron chi connectivity index (χ0n) is 19.2. The number of carbonyl (C=O) groups is 1. The van der Waals surface area contributed by atoms with Gasteiger partial charge in [0, 0.05) is 24.5 Å². The summed E-state index contributed by atoms with van der Waals surface area (Å²) >= 11 is 0. The van der Waals surface area contributed by atoms with Gasteiger partial charge in [-0.05, 0) is 55.7 Å². The van der Waals surface area contributed by atoms with Crippen molar-refractivity contribution in [1.82, 2.24) is 29.9 Å². The van der Waals surface area contributed by atoms with Crippen LogP contribution in [0, 0.1) is 6.92 Å². The first-order chi connectivity index (χ1) is 16.6. The second-order valence-electron chi connectivity index (χ2n) is 8.57. The van der Waals surface area contributed by atoms with Crippen LogP contribution in [-0.4, -0.2) is 61.1 Å². The Morgan fingerprint density at radius 2 is 1.82 bits per heavy atom. The van der Waals surface area contributed by atoms with E-state index in [0.29, 0.717) is 36.6 Å². The average Bonchev–Trinajstić information content (AvgIpc) is 3.40. The van der Waals surface area contributed by atoms with Gasteiger partial charge in [0.25, 0.3) is 5.91 Å². The number of amides is 1. The fraction of sp³-hybridized carbons (Fsp3) is 0.269. The molecule has 2 atom stereocenters. The molecule has 1 aliphatic rings. The largest absolute Gasteiger partial charge is 0.375 e. The van der Waals surface area contributed by atoms with Crippen LogP contribution in [0.15, 0.2) is 73.3 Å². The van der Waals surface area contributed by atoms with Gasteiger partial charge in [0.2, 0.25) is 0 Å². The van der Waals surface area contributed by atoms with Crippen LogP contribution in [0.25, 0.3) is 17.1 Å². The highest BCUT2D eigenvalue weighted by Crippen LogP contribution is 2.24. The zero-order valence-corrected chi connectivity index (χ0v) is 19.2. The van der Waals surface area contributed by atoms with Crippen molar-refractivity contribution in [3.8, 4) is 17.1 Å². The Morgan fingerprint density at radius 3 is 2.62 bits per heavy atom. The number of rotatable bonds is 5. The maximum absolute atomic E-state index is 13.8. The van der Waals surface area contributed by atoms with Gasteiger partial charge in [-0.1, -0.05) is 24.3 Å². The van der Waals surface area contributed by atoms with Crippen molar-refractivity contribution < 1.29 is 9.53 Å². The van der Waals surface area contributed by atoms with Gasteiger partial charge in [0.1, 0.15) is 0 Å². The number of benzene rings is 2. The van der Waals surface area contributed by atoms with E-state index in [1.165, 1.54) is 4.80 Å². The molecule has 2 aromatic heterocycles. The Balaban J connectivity index is 1.44. The molecule has 0 aliphatic carbocycles. The predicted octanol–water partition coefficient (Wildman–Crippen LogP) is 3.50. The molecule has 0 spiro atoms. The summed E-state index contributed by atoms with van der Waals surface area (Å²) in [6.07, 6.45) is 7.32. The van der Waals surface area contributed by atoms with Crippen molar-refractivity contribution in [3.63, 3.8) is 0 Å². The van der Waals surface area contributed by atoms with E-state index < -0.39 is 0 Å². The van der Waals surface area contributed by atoms with Crippen molar-refractivity contribution >= 4 is 5.91 Å². The van der Waals surface area contributed by atoms with Crippen LogP contribution in [0.1, 0.15) is 28.4 Å². The van der Waals surface area contributed by atoms with Gasteiger partial charge in [0.05, 0.1) is 42.4 Å². The highest BCUT2D eigenvalue weighted by Gasteiger charge is 2.32. The Bertz CT molecular complexity index is 1280. The lowest BCUT2D eigenvalue weighted by molar-refractivity contribution is -0.0434. The molecule has 0 saturated carbocycles. The highest BCUT2D eigenvalue weighted by molar-refractivity contribution is 5.98. The summed E-state index contributed by atoms with van der Waals surface area (Å²) in [4.78, 5) is 26.0. The predicted molar refractivity (Wildman–Crippen MR) is 128 cm³/mol. The summed E-state index contributed by atoms with van der Waals surface area (Å²) in [7, 11) is 0. The van der Waals surface area contributed by atoms with Crippen molar-refractivity contribution in [3.05, 3.63) is 90.0 Å². The molecule has 8 nitrogen and oxygen atoms in total. The van der Waals surface area contributed by atoms with Crippen LogP contribution in [0.3, 0.4) is 0 Å². The van der Waals surface area contributed by atoms with E-state index in [4.69, 9.17) is 4.74 Å². The lowest BCUT2D eigenvalue weighted by atomic mass is 9.99. The molecule has 0 bridgehead atoms. The molecule has 5 rings (SSSR count). The summed E-state index contributed by atoms with van der Waals surface area (Å²) in [5.74, 6) is 0.636. The lowest BCUT2D eigenvalue weighted by Crippen LogP contribution is -2.52. The van der Waals surface area contributed by atoms with Crippen LogP contribution in [0.4, 0.5) is 0 Å². The zero-order chi connectivity index (χ0) is 23.5. The Kier molecular flexibility index (Phi) is 6.14. The summed E-state index contributed by atoms with van der Waals surface area (Å²) in [6, 6.07) is 15.6. The lowest BCUT2D eigenvalue weighted by Gasteiger charge is -2.39. The molecular formula is C26H26N6O2. The minimum Gasteiger partial charge on any atom is -0.375 e. The maximum atomic E-state index is 13.8. The molecule has 34 heavy (non-hydrogen) atoms. The van der Waals surface area contributed by atoms with E-state index in [2.05, 4.69) is 32.3 Å². The fourth-order valence-electron chi connectivity index (χ4n) is 4.30. The molecule has 1 aliphatic heterocycles. The third kappa shape index (κ3) is 4.58. The summed E-state index contributed by atoms with van der Waals surface area (Å²) in [5, 5.41) is 8.51. The monoisotopic (exact) mass is 454 g/mol. The molecule has 1 amide bonds. The number of carbonyl (C=O) groups excluding carboxylic acids is 1. The van der Waals surface area contributed by atoms with E-state index in [9.17, 15) is 4.79 Å². The number of ether oxygens (including phenoxy) is 1. The molecule has 3 heterocycles. The number of aryl methyl sites for hydroxylation is 1. The van der Waals surface area contributed by atoms with Crippen LogP contribution < -0.4 is 0 Å². The maximum Gasteiger partial charge on any atom is 0.256 e. The summed E-state index contributed by atoms with van der Waals surface area (Å²) in [5.41, 5.74) is 4.34. The number of hydrogen-bond donors (Lipinski definition) is 0. The van der Waals surface area contributed by atoms with Gasteiger partial charge in [-0.3, -0.25) is 4.79 Å². The minimum absolute atomic E-state index is 0.0408. The van der Waals surface area contributed by atoms with Gasteiger partial charge >= 0.3 is 0 Å². The van der Waals surface area contributed by atoms with E-state index in [-0.39, 0.29) is 18.1 Å². The first-order valence-electron chi connectivity index (χ1n) is 11.3. The van der Waals surface area contributed by atoms with Crippen molar-refractivity contribution in [2.75, 3.05) is 13.2 Å². The number of nitrogens with zero attached hydrogens (tertiary/aromatic N) is 6. The molecule has 8 heteroatoms. The highest BCUT2D eigenvalue weighted by atomic mass is 16.5. The van der Waals surface area contributed by atoms with E-state index in [0.717, 1.165) is 16.7 Å². The minimum atomic E-state index is -0.102. The number of aromatic nitrogens is 5. The van der Waals surface area contributed by atoms with Crippen LogP contribution in [0.5, 0.6) is 0 Å². The molecule has 172 valence electrons. The van der Waals surface area contributed by atoms with Gasteiger partial charge in [0.15, 0.2) is 5.82 Å². The molecular weight excluding hydrogens is 428 g/mol. The SMILES string of the molecule is Cc1ccc(C(=O)N2C[C@@H](C)OC[C@H]2Cc2cccc(-c3ncccn3)c2)c(-n2nccn2)c1. The van der Waals surface area contributed by atoms with Gasteiger partial charge < -0.3 is 9.64 Å². The average molecular weight is 455 g/mol. The topological polar surface area (TPSA) is 86.0 Å². The third-order valence-electron chi connectivity index (χ3n) is 5.97. The normalized spacial score (nSPS) is 18.1. The van der Waals surface area contributed by atoms with Crippen molar-refractivity contribution in [2.24, 2.45) is 0 Å². The van der Waals surface area contributed by atoms with Gasteiger partial charge in [-0.25, -0.2) is 9.97 Å². The summed E-state index contributed by atoms with van der Waals surface area (Å²) < 4.78 is 5.97. The molecule has 1 saturated heterocycles. The molecule has 0 N–H and O–H groups in total. The standard InChI is InChI=1S/C26H26N6O2/c1-18-7-8-23(24(13-18)32-29-11-12-30-32)26(33)31-16-19(2)34-17-22(31)15-20-5-3-6-21(14-20)25-27-9-4-10-28-25/h3-14,19,22H,15-17H2,1-2H3/t19-,22-/m1/s1. The second-order valence-corrected chi connectivity index (χ2v) is 8.57. The quantitative estimate of drug-likeness (QED) is 0.459. The molecule has 1 fully saturated rings. The molecule has 0 unspecified atom stereocenters. The third-order valence-corrected chi connectivity index (χ3v) is 5.97. The molecule has 2 aromatic carbocycles. The molecule has 0 radical (unpaired) electrons. The van der Waals surface area contributed by atoms with Crippen molar-refractivity contribution in [1.29, 1.82) is 0 Å². The number of morpholine rings is 1. The van der Waals surface area contributed by atoms with Gasteiger partial charge in [-0.2, -0.15) is 15.0 Å². The van der Waals surface area contributed by atoms with Crippen LogP contribution in [0.2, 0.25) is 0 Å². The molecule has 4 aromatic rings. The van der Waals surface area contributed by atoms with E-state index in [1.807, 2.05) is 49.1 Å². The fourth-order valence-corrected chi connectivity index (χ4v) is 4.30. The van der Waals surface area contributed by atoms with Crippen LogP contribution in [-0.2, 0) is 11.2 Å². The van der Waals surface area contributed by atoms with Gasteiger partial charge in [-0.15, -0.1) is 0 Å². The summed E-state index contributed by atoms with van der Waals surface area (Å²) in [6.45, 7) is 4.98. The van der Waals surface area contributed by atoms with Crippen molar-refractivity contribution in [2.45, 2.75) is 32.4 Å². The Labute approximate surface area is 198 Å². The van der Waals surface area contributed by atoms with Crippen LogP contribution >= 0.6 is 0 Å². The van der Waals surface area contributed by atoms with E-state index in [1.54, 1.807) is 30.9 Å².